The van der Waals surface area contributed by atoms with Gasteiger partial charge in [0, 0.05) is 5.02 Å². The zero-order valence-electron chi connectivity index (χ0n) is 15.5. The van der Waals surface area contributed by atoms with Crippen LogP contribution in [-0.4, -0.2) is 38.6 Å². The molecule has 2 aromatic carbocycles. The summed E-state index contributed by atoms with van der Waals surface area (Å²) >= 11 is 5.89. The first-order valence-electron chi connectivity index (χ1n) is 8.93. The van der Waals surface area contributed by atoms with E-state index < -0.39 is 0 Å². The largest absolute Gasteiger partial charge is 0.457 e. The monoisotopic (exact) mass is 360 g/mol. The Labute approximate surface area is 156 Å². The smallest absolute Gasteiger partial charge is 0.127 e. The van der Waals surface area contributed by atoms with E-state index in [9.17, 15) is 0 Å². The molecule has 0 spiro atoms. The first-order valence-corrected chi connectivity index (χ1v) is 9.31. The molecule has 0 amide bonds. The molecule has 1 N–H and O–H groups in total. The van der Waals surface area contributed by atoms with Gasteiger partial charge in [-0.1, -0.05) is 30.7 Å². The third-order valence-corrected chi connectivity index (χ3v) is 4.46. The van der Waals surface area contributed by atoms with Gasteiger partial charge in [0.25, 0.3) is 0 Å². The van der Waals surface area contributed by atoms with E-state index in [1.807, 2.05) is 36.4 Å². The van der Waals surface area contributed by atoms with Gasteiger partial charge in [0.2, 0.25) is 0 Å². The molecule has 1 unspecified atom stereocenters. The highest BCUT2D eigenvalue weighted by Gasteiger charge is 2.06. The highest BCUT2D eigenvalue weighted by Crippen LogP contribution is 2.26. The van der Waals surface area contributed by atoms with Crippen LogP contribution in [0.4, 0.5) is 0 Å². The molecular formula is C21H29ClN2O. The average molecular weight is 361 g/mol. The van der Waals surface area contributed by atoms with E-state index in [2.05, 4.69) is 43.4 Å². The van der Waals surface area contributed by atoms with Gasteiger partial charge in [-0.05, 0) is 94.5 Å². The van der Waals surface area contributed by atoms with Crippen molar-refractivity contribution in [3.63, 3.8) is 0 Å². The lowest BCUT2D eigenvalue weighted by Crippen LogP contribution is -2.22. The van der Waals surface area contributed by atoms with Gasteiger partial charge in [-0.15, -0.1) is 0 Å². The number of benzene rings is 2. The van der Waals surface area contributed by atoms with Crippen LogP contribution in [-0.2, 0) is 0 Å². The van der Waals surface area contributed by atoms with Crippen molar-refractivity contribution >= 4 is 11.6 Å². The summed E-state index contributed by atoms with van der Waals surface area (Å²) in [6, 6.07) is 15.8. The van der Waals surface area contributed by atoms with Crippen molar-refractivity contribution in [3.8, 4) is 11.5 Å². The lowest BCUT2D eigenvalue weighted by atomic mass is 9.98. The summed E-state index contributed by atoms with van der Waals surface area (Å²) in [6.45, 7) is 5.55. The maximum Gasteiger partial charge on any atom is 0.127 e. The maximum absolute atomic E-state index is 5.89. The van der Waals surface area contributed by atoms with Gasteiger partial charge in [-0.3, -0.25) is 0 Å². The molecule has 2 aromatic rings. The second-order valence-electron chi connectivity index (χ2n) is 6.72. The van der Waals surface area contributed by atoms with Gasteiger partial charge < -0.3 is 15.0 Å². The minimum Gasteiger partial charge on any atom is -0.457 e. The number of rotatable bonds is 10. The van der Waals surface area contributed by atoms with E-state index >= 15 is 0 Å². The predicted octanol–water partition coefficient (Wildman–Crippen LogP) is 5.17. The zero-order chi connectivity index (χ0) is 18.1. The van der Waals surface area contributed by atoms with Crippen LogP contribution >= 0.6 is 11.6 Å². The van der Waals surface area contributed by atoms with Crippen molar-refractivity contribution in [2.45, 2.75) is 25.7 Å². The van der Waals surface area contributed by atoms with Gasteiger partial charge in [0.1, 0.15) is 11.5 Å². The Morgan fingerprint density at radius 3 is 2.16 bits per heavy atom. The average Bonchev–Trinajstić information content (AvgIpc) is 2.60. The SMILES string of the molecule is CC(CCNCCCN(C)C)c1ccc(Oc2ccc(Cl)cc2)cc1. The molecule has 0 saturated carbocycles. The summed E-state index contributed by atoms with van der Waals surface area (Å²) in [4.78, 5) is 2.22. The van der Waals surface area contributed by atoms with Gasteiger partial charge >= 0.3 is 0 Å². The number of hydrogen-bond acceptors (Lipinski definition) is 3. The molecule has 0 saturated heterocycles. The van der Waals surface area contributed by atoms with E-state index in [-0.39, 0.29) is 0 Å². The first kappa shape index (κ1) is 19.8. The number of nitrogens with zero attached hydrogens (tertiary/aromatic N) is 1. The Bertz CT molecular complexity index is 611. The van der Waals surface area contributed by atoms with Crippen LogP contribution in [0, 0.1) is 0 Å². The standard InChI is InChI=1S/C21H29ClN2O/c1-17(13-15-23-14-4-16-24(2)3)18-5-9-20(10-6-18)25-21-11-7-19(22)8-12-21/h5-12,17,23H,4,13-16H2,1-3H3. The van der Waals surface area contributed by atoms with Crippen molar-refractivity contribution in [2.24, 2.45) is 0 Å². The minimum absolute atomic E-state index is 0.533. The second kappa shape index (κ2) is 10.4. The molecule has 25 heavy (non-hydrogen) atoms. The Hall–Kier alpha value is -1.55. The van der Waals surface area contributed by atoms with Crippen LogP contribution in [0.25, 0.3) is 0 Å². The fourth-order valence-corrected chi connectivity index (χ4v) is 2.76. The molecule has 0 fully saturated rings. The van der Waals surface area contributed by atoms with Crippen molar-refractivity contribution < 1.29 is 4.74 Å². The zero-order valence-corrected chi connectivity index (χ0v) is 16.2. The predicted molar refractivity (Wildman–Crippen MR) is 107 cm³/mol. The van der Waals surface area contributed by atoms with Crippen molar-refractivity contribution in [2.75, 3.05) is 33.7 Å². The Kier molecular flexibility index (Phi) is 8.26. The highest BCUT2D eigenvalue weighted by atomic mass is 35.5. The normalized spacial score (nSPS) is 12.4. The molecule has 0 aliphatic rings. The van der Waals surface area contributed by atoms with Gasteiger partial charge in [0.05, 0.1) is 0 Å². The second-order valence-corrected chi connectivity index (χ2v) is 7.16. The summed E-state index contributed by atoms with van der Waals surface area (Å²) in [7, 11) is 4.23. The van der Waals surface area contributed by atoms with Crippen LogP contribution in [0.3, 0.4) is 0 Å². The lowest BCUT2D eigenvalue weighted by Gasteiger charge is -2.14. The van der Waals surface area contributed by atoms with Crippen LogP contribution in [0.1, 0.15) is 31.2 Å². The number of hydrogen-bond donors (Lipinski definition) is 1. The lowest BCUT2D eigenvalue weighted by molar-refractivity contribution is 0.393. The van der Waals surface area contributed by atoms with E-state index in [1.165, 1.54) is 12.0 Å². The summed E-state index contributed by atoms with van der Waals surface area (Å²) in [5.41, 5.74) is 1.35. The van der Waals surface area contributed by atoms with E-state index in [1.54, 1.807) is 0 Å². The molecule has 2 rings (SSSR count). The van der Waals surface area contributed by atoms with Crippen LogP contribution < -0.4 is 10.1 Å². The third kappa shape index (κ3) is 7.47. The fourth-order valence-electron chi connectivity index (χ4n) is 2.63. The van der Waals surface area contributed by atoms with Crippen LogP contribution in [0.15, 0.2) is 48.5 Å². The van der Waals surface area contributed by atoms with Crippen LogP contribution in [0.2, 0.25) is 5.02 Å². The molecule has 0 aliphatic heterocycles. The highest BCUT2D eigenvalue weighted by molar-refractivity contribution is 6.30. The molecule has 0 bridgehead atoms. The molecule has 0 aliphatic carbocycles. The molecular weight excluding hydrogens is 332 g/mol. The van der Waals surface area contributed by atoms with Gasteiger partial charge in [-0.2, -0.15) is 0 Å². The molecule has 4 heteroatoms. The molecule has 0 aromatic heterocycles. The topological polar surface area (TPSA) is 24.5 Å². The van der Waals surface area contributed by atoms with E-state index in [0.717, 1.165) is 37.6 Å². The van der Waals surface area contributed by atoms with Gasteiger partial charge in [-0.25, -0.2) is 0 Å². The number of nitrogens with one attached hydrogen (secondary N) is 1. The van der Waals surface area contributed by atoms with E-state index in [4.69, 9.17) is 16.3 Å². The Balaban J connectivity index is 1.74. The summed E-state index contributed by atoms with van der Waals surface area (Å²) < 4.78 is 5.84. The van der Waals surface area contributed by atoms with Crippen molar-refractivity contribution in [3.05, 3.63) is 59.1 Å². The van der Waals surface area contributed by atoms with Crippen molar-refractivity contribution in [1.29, 1.82) is 0 Å². The number of ether oxygens (including phenoxy) is 1. The maximum atomic E-state index is 5.89. The molecule has 3 nitrogen and oxygen atoms in total. The molecule has 0 heterocycles. The summed E-state index contributed by atoms with van der Waals surface area (Å²) in [6.07, 6.45) is 2.33. The Morgan fingerprint density at radius 1 is 0.960 bits per heavy atom. The molecule has 1 atom stereocenters. The first-order chi connectivity index (χ1) is 12.0. The minimum atomic E-state index is 0.533. The summed E-state index contributed by atoms with van der Waals surface area (Å²) in [5.74, 6) is 2.18. The summed E-state index contributed by atoms with van der Waals surface area (Å²) in [5, 5.41) is 4.24. The number of halogens is 1. The Morgan fingerprint density at radius 2 is 1.56 bits per heavy atom. The van der Waals surface area contributed by atoms with Crippen molar-refractivity contribution in [1.82, 2.24) is 10.2 Å². The quantitative estimate of drug-likeness (QED) is 0.592. The third-order valence-electron chi connectivity index (χ3n) is 4.21. The fraction of sp³-hybridized carbons (Fsp3) is 0.429. The van der Waals surface area contributed by atoms with Crippen LogP contribution in [0.5, 0.6) is 11.5 Å². The van der Waals surface area contributed by atoms with Gasteiger partial charge in [0.15, 0.2) is 0 Å². The van der Waals surface area contributed by atoms with E-state index in [0.29, 0.717) is 10.9 Å². The molecule has 0 radical (unpaired) electrons. The molecule has 136 valence electrons.